The zero-order valence-corrected chi connectivity index (χ0v) is 15.9. The van der Waals surface area contributed by atoms with E-state index in [-0.39, 0.29) is 23.6 Å². The zero-order valence-electron chi connectivity index (χ0n) is 15.1. The van der Waals surface area contributed by atoms with Crippen molar-refractivity contribution >= 4 is 15.7 Å². The zero-order chi connectivity index (χ0) is 19.0. The van der Waals surface area contributed by atoms with Gasteiger partial charge in [-0.1, -0.05) is 18.2 Å². The van der Waals surface area contributed by atoms with Crippen LogP contribution in [0, 0.1) is 12.8 Å². The molecule has 27 heavy (non-hydrogen) atoms. The van der Waals surface area contributed by atoms with E-state index in [1.54, 1.807) is 36.7 Å². The van der Waals surface area contributed by atoms with Crippen molar-refractivity contribution in [2.45, 2.75) is 24.8 Å². The van der Waals surface area contributed by atoms with Crippen LogP contribution in [0.4, 0.5) is 0 Å². The van der Waals surface area contributed by atoms with E-state index in [1.165, 1.54) is 0 Å². The van der Waals surface area contributed by atoms with Gasteiger partial charge in [0.25, 0.3) is 5.91 Å². The number of hydrogen-bond donors (Lipinski definition) is 1. The van der Waals surface area contributed by atoms with Crippen LogP contribution in [0.15, 0.2) is 42.7 Å². The highest BCUT2D eigenvalue weighted by molar-refractivity contribution is 7.92. The lowest BCUT2D eigenvalue weighted by Crippen LogP contribution is -2.42. The van der Waals surface area contributed by atoms with Gasteiger partial charge in [0.2, 0.25) is 0 Å². The number of benzene rings is 1. The van der Waals surface area contributed by atoms with Crippen molar-refractivity contribution < 1.29 is 13.2 Å². The topological polar surface area (TPSA) is 92.3 Å². The Morgan fingerprint density at radius 2 is 1.89 bits per heavy atom. The lowest BCUT2D eigenvalue weighted by Gasteiger charge is -2.21. The largest absolute Gasteiger partial charge is 0.348 e. The molecule has 2 fully saturated rings. The molecule has 3 heterocycles. The van der Waals surface area contributed by atoms with E-state index >= 15 is 0 Å². The molecule has 7 nitrogen and oxygen atoms in total. The number of likely N-dealkylation sites (tertiary alicyclic amines) is 1. The predicted molar refractivity (Wildman–Crippen MR) is 101 cm³/mol. The molecule has 3 atom stereocenters. The highest BCUT2D eigenvalue weighted by Crippen LogP contribution is 2.34. The molecule has 0 aliphatic carbocycles. The molecule has 0 bridgehead atoms. The third-order valence-electron chi connectivity index (χ3n) is 5.37. The average molecular weight is 386 g/mol. The van der Waals surface area contributed by atoms with E-state index in [0.717, 1.165) is 5.56 Å². The molecule has 0 saturated carbocycles. The molecule has 1 amide bonds. The first-order chi connectivity index (χ1) is 12.9. The number of hydrogen-bond acceptors (Lipinski definition) is 6. The van der Waals surface area contributed by atoms with Crippen molar-refractivity contribution in [2.75, 3.05) is 18.8 Å². The second-order valence-electron chi connectivity index (χ2n) is 7.31. The molecule has 0 spiro atoms. The Labute approximate surface area is 158 Å². The third-order valence-corrected chi connectivity index (χ3v) is 7.61. The van der Waals surface area contributed by atoms with Crippen LogP contribution in [-0.4, -0.2) is 59.3 Å². The van der Waals surface area contributed by atoms with Crippen LogP contribution in [0.25, 0.3) is 0 Å². The molecule has 2 aromatic rings. The fourth-order valence-corrected chi connectivity index (χ4v) is 6.35. The van der Waals surface area contributed by atoms with E-state index in [2.05, 4.69) is 20.2 Å². The van der Waals surface area contributed by atoms with Crippen molar-refractivity contribution in [1.29, 1.82) is 0 Å². The third kappa shape index (κ3) is 3.72. The molecule has 1 aromatic carbocycles. The second-order valence-corrected chi connectivity index (χ2v) is 9.57. The van der Waals surface area contributed by atoms with Crippen LogP contribution in [0.3, 0.4) is 0 Å². The standard InChI is InChI=1S/C19H22N4O3S/c1-13-20-7-14(8-21-13)9-23-10-16-17(12-27(25,26)18(16)11-23)22-19(24)15-5-3-2-4-6-15/h2-8,16-18H,9-12H2,1H3,(H,22,24). The van der Waals surface area contributed by atoms with Gasteiger partial charge in [-0.25, -0.2) is 18.4 Å². The SMILES string of the molecule is Cc1ncc(CN2CC3C(NC(=O)c4ccccc4)CS(=O)(=O)C3C2)cn1. The monoisotopic (exact) mass is 386 g/mol. The summed E-state index contributed by atoms with van der Waals surface area (Å²) in [7, 11) is -3.22. The molecule has 142 valence electrons. The Hall–Kier alpha value is -2.32. The second kappa shape index (κ2) is 7.01. The number of rotatable bonds is 4. The Kier molecular flexibility index (Phi) is 4.69. The number of nitrogens with one attached hydrogen (secondary N) is 1. The van der Waals surface area contributed by atoms with Gasteiger partial charge >= 0.3 is 0 Å². The molecule has 1 N–H and O–H groups in total. The van der Waals surface area contributed by atoms with Gasteiger partial charge in [-0.3, -0.25) is 9.69 Å². The quantitative estimate of drug-likeness (QED) is 0.836. The summed E-state index contributed by atoms with van der Waals surface area (Å²) < 4.78 is 25.2. The van der Waals surface area contributed by atoms with Gasteiger partial charge in [0, 0.05) is 55.1 Å². The van der Waals surface area contributed by atoms with Crippen molar-refractivity contribution in [3.63, 3.8) is 0 Å². The lowest BCUT2D eigenvalue weighted by molar-refractivity contribution is 0.0930. The van der Waals surface area contributed by atoms with Crippen molar-refractivity contribution in [1.82, 2.24) is 20.2 Å². The minimum Gasteiger partial charge on any atom is -0.348 e. The molecule has 2 aliphatic rings. The lowest BCUT2D eigenvalue weighted by atomic mass is 10.00. The predicted octanol–water partition coefficient (Wildman–Crippen LogP) is 0.812. The molecular weight excluding hydrogens is 364 g/mol. The Morgan fingerprint density at radius 1 is 1.19 bits per heavy atom. The number of sulfone groups is 1. The molecule has 0 radical (unpaired) electrons. The van der Waals surface area contributed by atoms with E-state index in [9.17, 15) is 13.2 Å². The first kappa shape index (κ1) is 18.1. The van der Waals surface area contributed by atoms with E-state index in [0.29, 0.717) is 31.0 Å². The minimum atomic E-state index is -3.22. The van der Waals surface area contributed by atoms with E-state index in [1.807, 2.05) is 13.0 Å². The van der Waals surface area contributed by atoms with Crippen molar-refractivity contribution in [3.8, 4) is 0 Å². The fourth-order valence-electron chi connectivity index (χ4n) is 4.02. The van der Waals surface area contributed by atoms with E-state index in [4.69, 9.17) is 0 Å². The summed E-state index contributed by atoms with van der Waals surface area (Å²) in [5, 5.41) is 2.52. The summed E-state index contributed by atoms with van der Waals surface area (Å²) >= 11 is 0. The fraction of sp³-hybridized carbons (Fsp3) is 0.421. The Balaban J connectivity index is 1.46. The van der Waals surface area contributed by atoms with Crippen LogP contribution >= 0.6 is 0 Å². The summed E-state index contributed by atoms with van der Waals surface area (Å²) in [6, 6.07) is 8.54. The molecule has 2 aliphatic heterocycles. The molecule has 3 unspecified atom stereocenters. The normalized spacial score (nSPS) is 26.6. The maximum absolute atomic E-state index is 12.6. The summed E-state index contributed by atoms with van der Waals surface area (Å²) in [5.41, 5.74) is 1.51. The van der Waals surface area contributed by atoms with Gasteiger partial charge in [0.15, 0.2) is 9.84 Å². The number of carbonyl (C=O) groups is 1. The summed E-state index contributed by atoms with van der Waals surface area (Å²) in [5.74, 6) is 0.418. The smallest absolute Gasteiger partial charge is 0.251 e. The molecule has 4 rings (SSSR count). The number of carbonyl (C=O) groups excluding carboxylic acids is 1. The van der Waals surface area contributed by atoms with Gasteiger partial charge in [0.1, 0.15) is 5.82 Å². The average Bonchev–Trinajstić information content (AvgIpc) is 3.17. The summed E-state index contributed by atoms with van der Waals surface area (Å²) in [6.45, 7) is 3.56. The van der Waals surface area contributed by atoms with Crippen LogP contribution in [0.1, 0.15) is 21.7 Å². The first-order valence-corrected chi connectivity index (χ1v) is 10.7. The molecule has 8 heteroatoms. The van der Waals surface area contributed by atoms with Gasteiger partial charge in [-0.05, 0) is 19.1 Å². The number of aromatic nitrogens is 2. The van der Waals surface area contributed by atoms with Gasteiger partial charge in [-0.15, -0.1) is 0 Å². The van der Waals surface area contributed by atoms with E-state index < -0.39 is 15.1 Å². The van der Waals surface area contributed by atoms with Gasteiger partial charge in [-0.2, -0.15) is 0 Å². The van der Waals surface area contributed by atoms with Crippen LogP contribution in [-0.2, 0) is 16.4 Å². The molecule has 1 aromatic heterocycles. The maximum atomic E-state index is 12.6. The Morgan fingerprint density at radius 3 is 2.59 bits per heavy atom. The number of nitrogens with zero attached hydrogens (tertiary/aromatic N) is 3. The molecular formula is C19H22N4O3S. The first-order valence-electron chi connectivity index (χ1n) is 9.00. The van der Waals surface area contributed by atoms with Gasteiger partial charge < -0.3 is 5.32 Å². The van der Waals surface area contributed by atoms with Crippen molar-refractivity contribution in [2.24, 2.45) is 5.92 Å². The number of fused-ring (bicyclic) bond motifs is 1. The van der Waals surface area contributed by atoms with Crippen LogP contribution in [0.2, 0.25) is 0 Å². The molecule has 2 saturated heterocycles. The minimum absolute atomic E-state index is 0.0163. The highest BCUT2D eigenvalue weighted by atomic mass is 32.2. The summed E-state index contributed by atoms with van der Waals surface area (Å²) in [4.78, 5) is 23.0. The number of aryl methyl sites for hydroxylation is 1. The summed E-state index contributed by atoms with van der Waals surface area (Å²) in [6.07, 6.45) is 3.55. The van der Waals surface area contributed by atoms with Crippen LogP contribution in [0.5, 0.6) is 0 Å². The van der Waals surface area contributed by atoms with Crippen LogP contribution < -0.4 is 5.32 Å². The number of amides is 1. The Bertz CT molecular complexity index is 931. The van der Waals surface area contributed by atoms with Crippen molar-refractivity contribution in [3.05, 3.63) is 59.7 Å². The maximum Gasteiger partial charge on any atom is 0.251 e. The van der Waals surface area contributed by atoms with Gasteiger partial charge in [0.05, 0.1) is 11.0 Å². The highest BCUT2D eigenvalue weighted by Gasteiger charge is 2.52.